The Bertz CT molecular complexity index is 280. The SMILES string of the molecule is CCOCCC1(CNC(=O)CC(CN)OC)CCCC1.Cl. The highest BCUT2D eigenvalue weighted by molar-refractivity contribution is 5.85. The van der Waals surface area contributed by atoms with E-state index in [4.69, 9.17) is 15.2 Å². The van der Waals surface area contributed by atoms with Gasteiger partial charge in [0, 0.05) is 33.4 Å². The first-order valence-corrected chi connectivity index (χ1v) is 7.73. The Labute approximate surface area is 134 Å². The first kappa shape index (κ1) is 20.6. The van der Waals surface area contributed by atoms with Gasteiger partial charge in [-0.05, 0) is 31.6 Å². The molecule has 126 valence electrons. The van der Waals surface area contributed by atoms with Crippen LogP contribution in [0.5, 0.6) is 0 Å². The van der Waals surface area contributed by atoms with Gasteiger partial charge in [-0.3, -0.25) is 4.79 Å². The Morgan fingerprint density at radius 3 is 2.57 bits per heavy atom. The number of hydrogen-bond donors (Lipinski definition) is 2. The molecule has 21 heavy (non-hydrogen) atoms. The summed E-state index contributed by atoms with van der Waals surface area (Å²) in [6, 6.07) is 0. The quantitative estimate of drug-likeness (QED) is 0.602. The van der Waals surface area contributed by atoms with Crippen LogP contribution in [0.25, 0.3) is 0 Å². The number of halogens is 1. The van der Waals surface area contributed by atoms with Gasteiger partial charge in [0.2, 0.25) is 5.91 Å². The fraction of sp³-hybridized carbons (Fsp3) is 0.933. The lowest BCUT2D eigenvalue weighted by Crippen LogP contribution is -2.39. The third-order valence-corrected chi connectivity index (χ3v) is 4.31. The van der Waals surface area contributed by atoms with Crippen LogP contribution in [0.1, 0.15) is 45.4 Å². The van der Waals surface area contributed by atoms with Gasteiger partial charge < -0.3 is 20.5 Å². The van der Waals surface area contributed by atoms with E-state index < -0.39 is 0 Å². The highest BCUT2D eigenvalue weighted by Gasteiger charge is 2.33. The molecule has 1 atom stereocenters. The number of hydrogen-bond acceptors (Lipinski definition) is 4. The second kappa shape index (κ2) is 11.2. The van der Waals surface area contributed by atoms with Gasteiger partial charge >= 0.3 is 0 Å². The van der Waals surface area contributed by atoms with Crippen molar-refractivity contribution in [2.75, 3.05) is 33.4 Å². The van der Waals surface area contributed by atoms with Crippen molar-refractivity contribution in [2.45, 2.75) is 51.6 Å². The maximum Gasteiger partial charge on any atom is 0.222 e. The molecule has 0 radical (unpaired) electrons. The average Bonchev–Trinajstić information content (AvgIpc) is 2.92. The molecular formula is C15H31ClN2O3. The van der Waals surface area contributed by atoms with Gasteiger partial charge in [0.05, 0.1) is 12.5 Å². The molecule has 0 spiro atoms. The Kier molecular flexibility index (Phi) is 11.0. The fourth-order valence-corrected chi connectivity index (χ4v) is 2.90. The van der Waals surface area contributed by atoms with E-state index in [2.05, 4.69) is 5.32 Å². The maximum absolute atomic E-state index is 11.9. The van der Waals surface area contributed by atoms with Gasteiger partial charge in [-0.25, -0.2) is 0 Å². The van der Waals surface area contributed by atoms with E-state index in [1.165, 1.54) is 25.7 Å². The van der Waals surface area contributed by atoms with Crippen LogP contribution >= 0.6 is 12.4 Å². The maximum atomic E-state index is 11.9. The molecule has 0 heterocycles. The first-order chi connectivity index (χ1) is 9.65. The second-order valence-electron chi connectivity index (χ2n) is 5.73. The molecule has 0 aromatic carbocycles. The zero-order chi connectivity index (χ0) is 14.8. The number of rotatable bonds is 10. The van der Waals surface area contributed by atoms with Crippen LogP contribution in [0.3, 0.4) is 0 Å². The van der Waals surface area contributed by atoms with Crippen LogP contribution in [0, 0.1) is 5.41 Å². The Morgan fingerprint density at radius 2 is 2.05 bits per heavy atom. The van der Waals surface area contributed by atoms with E-state index in [0.717, 1.165) is 26.2 Å². The predicted molar refractivity (Wildman–Crippen MR) is 86.7 cm³/mol. The molecule has 1 aliphatic carbocycles. The monoisotopic (exact) mass is 322 g/mol. The van der Waals surface area contributed by atoms with Crippen molar-refractivity contribution in [3.8, 4) is 0 Å². The molecular weight excluding hydrogens is 292 g/mol. The molecule has 3 N–H and O–H groups in total. The molecule has 0 bridgehead atoms. The molecule has 6 heteroatoms. The molecule has 1 saturated carbocycles. The number of carbonyl (C=O) groups is 1. The van der Waals surface area contributed by atoms with Crippen molar-refractivity contribution in [3.63, 3.8) is 0 Å². The number of amides is 1. The number of carbonyl (C=O) groups excluding carboxylic acids is 1. The molecule has 0 aromatic heterocycles. The van der Waals surface area contributed by atoms with Crippen LogP contribution in [-0.4, -0.2) is 45.4 Å². The fourth-order valence-electron chi connectivity index (χ4n) is 2.90. The lowest BCUT2D eigenvalue weighted by Gasteiger charge is -2.29. The van der Waals surface area contributed by atoms with Crippen molar-refractivity contribution in [3.05, 3.63) is 0 Å². The van der Waals surface area contributed by atoms with E-state index >= 15 is 0 Å². The highest BCUT2D eigenvalue weighted by atomic mass is 35.5. The van der Waals surface area contributed by atoms with E-state index in [9.17, 15) is 4.79 Å². The van der Waals surface area contributed by atoms with Crippen molar-refractivity contribution >= 4 is 18.3 Å². The van der Waals surface area contributed by atoms with Gasteiger partial charge in [0.15, 0.2) is 0 Å². The van der Waals surface area contributed by atoms with Crippen LogP contribution < -0.4 is 11.1 Å². The summed E-state index contributed by atoms with van der Waals surface area (Å²) in [6.45, 7) is 4.68. The summed E-state index contributed by atoms with van der Waals surface area (Å²) in [7, 11) is 1.59. The van der Waals surface area contributed by atoms with E-state index in [0.29, 0.717) is 13.0 Å². The molecule has 0 aromatic rings. The van der Waals surface area contributed by atoms with Gasteiger partial charge in [0.25, 0.3) is 0 Å². The number of ether oxygens (including phenoxy) is 2. The minimum atomic E-state index is -0.182. The van der Waals surface area contributed by atoms with Crippen molar-refractivity contribution < 1.29 is 14.3 Å². The molecule has 5 nitrogen and oxygen atoms in total. The second-order valence-corrected chi connectivity index (χ2v) is 5.73. The number of nitrogens with one attached hydrogen (secondary N) is 1. The molecule has 0 saturated heterocycles. The first-order valence-electron chi connectivity index (χ1n) is 7.73. The normalized spacial score (nSPS) is 18.0. The number of nitrogens with two attached hydrogens (primary N) is 1. The smallest absolute Gasteiger partial charge is 0.222 e. The van der Waals surface area contributed by atoms with Crippen molar-refractivity contribution in [2.24, 2.45) is 11.1 Å². The largest absolute Gasteiger partial charge is 0.382 e. The lowest BCUT2D eigenvalue weighted by atomic mass is 9.83. The zero-order valence-electron chi connectivity index (χ0n) is 13.4. The van der Waals surface area contributed by atoms with E-state index in [1.54, 1.807) is 7.11 Å². The number of methoxy groups -OCH3 is 1. The van der Waals surface area contributed by atoms with E-state index in [-0.39, 0.29) is 29.8 Å². The Balaban J connectivity index is 0.00000400. The average molecular weight is 323 g/mol. The predicted octanol–water partition coefficient (Wildman–Crippen LogP) is 1.88. The van der Waals surface area contributed by atoms with E-state index in [1.807, 2.05) is 6.92 Å². The molecule has 1 fully saturated rings. The highest BCUT2D eigenvalue weighted by Crippen LogP contribution is 2.40. The summed E-state index contributed by atoms with van der Waals surface area (Å²) in [6.07, 6.45) is 6.07. The summed E-state index contributed by atoms with van der Waals surface area (Å²) >= 11 is 0. The Hall–Kier alpha value is -0.360. The van der Waals surface area contributed by atoms with Crippen molar-refractivity contribution in [1.29, 1.82) is 0 Å². The zero-order valence-corrected chi connectivity index (χ0v) is 14.2. The minimum absolute atomic E-state index is 0. The summed E-state index contributed by atoms with van der Waals surface area (Å²) in [5.41, 5.74) is 5.77. The summed E-state index contributed by atoms with van der Waals surface area (Å²) in [5, 5.41) is 3.06. The van der Waals surface area contributed by atoms with Crippen LogP contribution in [0.15, 0.2) is 0 Å². The topological polar surface area (TPSA) is 73.6 Å². The summed E-state index contributed by atoms with van der Waals surface area (Å²) in [4.78, 5) is 11.9. The van der Waals surface area contributed by atoms with Gasteiger partial charge in [-0.15, -0.1) is 12.4 Å². The Morgan fingerprint density at radius 1 is 1.38 bits per heavy atom. The van der Waals surface area contributed by atoms with Gasteiger partial charge in [-0.2, -0.15) is 0 Å². The van der Waals surface area contributed by atoms with Gasteiger partial charge in [-0.1, -0.05) is 12.8 Å². The molecule has 1 amide bonds. The standard InChI is InChI=1S/C15H30N2O3.ClH/c1-3-20-9-8-15(6-4-5-7-15)12-17-14(18)10-13(11-16)19-2;/h13H,3-12,16H2,1-2H3,(H,17,18);1H. The van der Waals surface area contributed by atoms with Crippen LogP contribution in [-0.2, 0) is 14.3 Å². The molecule has 1 aliphatic rings. The van der Waals surface area contributed by atoms with Crippen molar-refractivity contribution in [1.82, 2.24) is 5.32 Å². The van der Waals surface area contributed by atoms with Crippen LogP contribution in [0.2, 0.25) is 0 Å². The van der Waals surface area contributed by atoms with Crippen LogP contribution in [0.4, 0.5) is 0 Å². The third kappa shape index (κ3) is 7.45. The molecule has 1 rings (SSSR count). The lowest BCUT2D eigenvalue weighted by molar-refractivity contribution is -0.124. The third-order valence-electron chi connectivity index (χ3n) is 4.31. The summed E-state index contributed by atoms with van der Waals surface area (Å²) < 4.78 is 10.6. The minimum Gasteiger partial charge on any atom is -0.382 e. The molecule has 1 unspecified atom stereocenters. The van der Waals surface area contributed by atoms with Gasteiger partial charge in [0.1, 0.15) is 0 Å². The summed E-state index contributed by atoms with van der Waals surface area (Å²) in [5.74, 6) is 0.0324. The molecule has 0 aliphatic heterocycles.